The van der Waals surface area contributed by atoms with Gasteiger partial charge in [-0.15, -0.1) is 0 Å². The Morgan fingerprint density at radius 1 is 0.955 bits per heavy atom. The number of carbonyl (C=O) groups is 4. The molecule has 0 bridgehead atoms. The quantitative estimate of drug-likeness (QED) is 0.619. The summed E-state index contributed by atoms with van der Waals surface area (Å²) >= 11 is 5.95. The lowest BCUT2D eigenvalue weighted by Crippen LogP contribution is -2.35. The van der Waals surface area contributed by atoms with Crippen molar-refractivity contribution in [3.63, 3.8) is 0 Å². The second-order valence-electron chi connectivity index (χ2n) is 4.41. The van der Waals surface area contributed by atoms with Crippen LogP contribution in [0.15, 0.2) is 34.9 Å². The summed E-state index contributed by atoms with van der Waals surface area (Å²) in [7, 11) is 2.10. The Labute approximate surface area is 130 Å². The highest BCUT2D eigenvalue weighted by Crippen LogP contribution is 2.33. The first-order valence-corrected chi connectivity index (χ1v) is 6.55. The minimum Gasteiger partial charge on any atom is -0.468 e. The first kappa shape index (κ1) is 15.9. The van der Waals surface area contributed by atoms with E-state index in [0.29, 0.717) is 0 Å². The molecule has 6 nitrogen and oxygen atoms in total. The molecule has 0 spiro atoms. The first-order chi connectivity index (χ1) is 10.4. The van der Waals surface area contributed by atoms with Gasteiger partial charge in [0.25, 0.3) is 0 Å². The van der Waals surface area contributed by atoms with Crippen LogP contribution in [-0.2, 0) is 19.1 Å². The maximum Gasteiger partial charge on any atom is 0.324 e. The second-order valence-corrected chi connectivity index (χ2v) is 4.79. The van der Waals surface area contributed by atoms with E-state index in [1.165, 1.54) is 12.1 Å². The van der Waals surface area contributed by atoms with Crippen LogP contribution in [0, 0.1) is 5.92 Å². The van der Waals surface area contributed by atoms with Crippen LogP contribution in [0.2, 0.25) is 0 Å². The summed E-state index contributed by atoms with van der Waals surface area (Å²) in [6.45, 7) is 0. The Balaban J connectivity index is 2.65. The summed E-state index contributed by atoms with van der Waals surface area (Å²) in [4.78, 5) is 48.5. The van der Waals surface area contributed by atoms with Gasteiger partial charge in [0.15, 0.2) is 11.7 Å². The molecule has 0 unspecified atom stereocenters. The van der Waals surface area contributed by atoms with Gasteiger partial charge >= 0.3 is 11.9 Å². The van der Waals surface area contributed by atoms with E-state index >= 15 is 0 Å². The van der Waals surface area contributed by atoms with Crippen molar-refractivity contribution in [1.82, 2.24) is 0 Å². The molecule has 0 fully saturated rings. The fourth-order valence-electron chi connectivity index (χ4n) is 2.19. The van der Waals surface area contributed by atoms with Crippen LogP contribution >= 0.6 is 11.6 Å². The van der Waals surface area contributed by atoms with Crippen LogP contribution in [-0.4, -0.2) is 37.7 Å². The van der Waals surface area contributed by atoms with Gasteiger partial charge in [0, 0.05) is 16.7 Å². The zero-order valence-electron chi connectivity index (χ0n) is 11.7. The van der Waals surface area contributed by atoms with Crippen molar-refractivity contribution < 1.29 is 28.7 Å². The standard InChI is InChI=1S/C15H11ClO6/c1-21-14(19)10(15(20)22-2)9-11(16)13(18)8-6-4-3-5-7(8)12(9)17/h3-6,10H,1-2H3. The van der Waals surface area contributed by atoms with Gasteiger partial charge in [-0.1, -0.05) is 35.9 Å². The first-order valence-electron chi connectivity index (χ1n) is 6.17. The molecule has 0 saturated carbocycles. The largest absolute Gasteiger partial charge is 0.468 e. The van der Waals surface area contributed by atoms with Crippen molar-refractivity contribution in [1.29, 1.82) is 0 Å². The third-order valence-electron chi connectivity index (χ3n) is 3.26. The Hall–Kier alpha value is -2.47. The summed E-state index contributed by atoms with van der Waals surface area (Å²) in [5.74, 6) is -5.07. The number of ether oxygens (including phenoxy) is 2. The minimum atomic E-state index is -1.70. The number of hydrogen-bond acceptors (Lipinski definition) is 6. The van der Waals surface area contributed by atoms with Crippen molar-refractivity contribution in [2.45, 2.75) is 0 Å². The predicted octanol–water partition coefficient (Wildman–Crippen LogP) is 1.52. The number of fused-ring (bicyclic) bond motifs is 1. The number of rotatable bonds is 3. The van der Waals surface area contributed by atoms with Crippen LogP contribution < -0.4 is 0 Å². The SMILES string of the molecule is COC(=O)C(C(=O)OC)C1=C(Cl)C(=O)c2ccccc2C1=O. The summed E-state index contributed by atoms with van der Waals surface area (Å²) in [5.41, 5.74) is -0.233. The van der Waals surface area contributed by atoms with E-state index < -0.39 is 40.0 Å². The maximum absolute atomic E-state index is 12.5. The Morgan fingerprint density at radius 3 is 1.86 bits per heavy atom. The van der Waals surface area contributed by atoms with Crippen LogP contribution in [0.25, 0.3) is 0 Å². The third kappa shape index (κ3) is 2.42. The van der Waals surface area contributed by atoms with Gasteiger partial charge in [0.1, 0.15) is 0 Å². The Bertz CT molecular complexity index is 702. The van der Waals surface area contributed by atoms with E-state index in [1.54, 1.807) is 12.1 Å². The molecule has 1 aliphatic rings. The van der Waals surface area contributed by atoms with E-state index in [4.69, 9.17) is 11.6 Å². The van der Waals surface area contributed by atoms with Crippen molar-refractivity contribution in [2.75, 3.05) is 14.2 Å². The Morgan fingerprint density at radius 2 is 1.41 bits per heavy atom. The van der Waals surface area contributed by atoms with Crippen molar-refractivity contribution in [2.24, 2.45) is 5.92 Å². The van der Waals surface area contributed by atoms with Crippen molar-refractivity contribution >= 4 is 35.1 Å². The molecule has 1 aliphatic carbocycles. The highest BCUT2D eigenvalue weighted by atomic mass is 35.5. The number of carbonyl (C=O) groups excluding carboxylic acids is 4. The van der Waals surface area contributed by atoms with Gasteiger partial charge in [0.2, 0.25) is 5.78 Å². The summed E-state index contributed by atoms with van der Waals surface area (Å²) in [6, 6.07) is 6.01. The molecule has 0 atom stereocenters. The number of ketones is 2. The molecule has 1 aromatic carbocycles. The molecule has 0 radical (unpaired) electrons. The monoisotopic (exact) mass is 322 g/mol. The van der Waals surface area contributed by atoms with Gasteiger partial charge in [-0.3, -0.25) is 19.2 Å². The van der Waals surface area contributed by atoms with Crippen molar-refractivity contribution in [3.05, 3.63) is 46.0 Å². The molecule has 0 aromatic heterocycles. The topological polar surface area (TPSA) is 86.7 Å². The van der Waals surface area contributed by atoms with Gasteiger partial charge in [-0.05, 0) is 0 Å². The third-order valence-corrected chi connectivity index (χ3v) is 3.63. The van der Waals surface area contributed by atoms with E-state index in [9.17, 15) is 19.2 Å². The average molecular weight is 323 g/mol. The smallest absolute Gasteiger partial charge is 0.324 e. The van der Waals surface area contributed by atoms with Gasteiger partial charge < -0.3 is 9.47 Å². The zero-order valence-corrected chi connectivity index (χ0v) is 12.5. The molecule has 0 aliphatic heterocycles. The zero-order chi connectivity index (χ0) is 16.4. The van der Waals surface area contributed by atoms with E-state index in [1.807, 2.05) is 0 Å². The minimum absolute atomic E-state index is 0.0738. The summed E-state index contributed by atoms with van der Waals surface area (Å²) < 4.78 is 9.02. The second kappa shape index (κ2) is 6.11. The molecule has 0 N–H and O–H groups in total. The summed E-state index contributed by atoms with van der Waals surface area (Å²) in [5, 5.41) is -0.482. The molecule has 114 valence electrons. The predicted molar refractivity (Wildman–Crippen MR) is 75.5 cm³/mol. The number of allylic oxidation sites excluding steroid dienone is 1. The Kier molecular flexibility index (Phi) is 4.42. The number of esters is 2. The number of halogens is 1. The molecule has 22 heavy (non-hydrogen) atoms. The fraction of sp³-hybridized carbons (Fsp3) is 0.200. The number of Topliss-reactive ketones (excluding diaryl/α,β-unsaturated/α-hetero) is 2. The number of methoxy groups -OCH3 is 2. The molecule has 1 aromatic rings. The van der Waals surface area contributed by atoms with Crippen molar-refractivity contribution in [3.8, 4) is 0 Å². The van der Waals surface area contributed by atoms with Gasteiger partial charge in [-0.2, -0.15) is 0 Å². The highest BCUT2D eigenvalue weighted by Gasteiger charge is 2.43. The summed E-state index contributed by atoms with van der Waals surface area (Å²) in [6.07, 6.45) is 0. The van der Waals surface area contributed by atoms with Crippen LogP contribution in [0.1, 0.15) is 20.7 Å². The fourth-order valence-corrected chi connectivity index (χ4v) is 2.49. The molecule has 2 rings (SSSR count). The number of benzene rings is 1. The lowest BCUT2D eigenvalue weighted by molar-refractivity contribution is -0.156. The van der Waals surface area contributed by atoms with E-state index in [0.717, 1.165) is 14.2 Å². The van der Waals surface area contributed by atoms with E-state index in [-0.39, 0.29) is 11.1 Å². The normalized spacial score (nSPS) is 14.0. The molecular weight excluding hydrogens is 312 g/mol. The maximum atomic E-state index is 12.5. The molecular formula is C15H11ClO6. The number of hydrogen-bond donors (Lipinski definition) is 0. The molecule has 7 heteroatoms. The lowest BCUT2D eigenvalue weighted by atomic mass is 9.83. The average Bonchev–Trinajstić information content (AvgIpc) is 2.55. The molecule has 0 amide bonds. The van der Waals surface area contributed by atoms with Crippen LogP contribution in [0.4, 0.5) is 0 Å². The van der Waals surface area contributed by atoms with Crippen LogP contribution in [0.3, 0.4) is 0 Å². The van der Waals surface area contributed by atoms with E-state index in [2.05, 4.69) is 9.47 Å². The molecule has 0 heterocycles. The highest BCUT2D eigenvalue weighted by molar-refractivity contribution is 6.50. The molecule has 0 saturated heterocycles. The van der Waals surface area contributed by atoms with Gasteiger partial charge in [0.05, 0.1) is 19.3 Å². The lowest BCUT2D eigenvalue weighted by Gasteiger charge is -2.21. The van der Waals surface area contributed by atoms with Crippen LogP contribution in [0.5, 0.6) is 0 Å². The van der Waals surface area contributed by atoms with Gasteiger partial charge in [-0.25, -0.2) is 0 Å².